The molecule has 0 spiro atoms. The first-order chi connectivity index (χ1) is 9.81. The molecule has 3 rings (SSSR count). The lowest BCUT2D eigenvalue weighted by Crippen LogP contribution is -2.28. The number of hydrogen-bond donors (Lipinski definition) is 2. The Morgan fingerprint density at radius 2 is 1.75 bits per heavy atom. The lowest BCUT2D eigenvalue weighted by Gasteiger charge is -2.26. The molecule has 0 radical (unpaired) electrons. The standard InChI is InChI=1S/C14H17N5O/c20-11-4-2-10(3-5-11)18-14-17-9-6-12(19-14)13-15-7-1-8-16-13/h1,6-11,20H,2-5H2,(H,17,18,19). The molecule has 0 saturated heterocycles. The Bertz CT molecular complexity index is 555. The van der Waals surface area contributed by atoms with Crippen LogP contribution in [0.2, 0.25) is 0 Å². The van der Waals surface area contributed by atoms with E-state index in [0.29, 0.717) is 23.5 Å². The largest absolute Gasteiger partial charge is 0.393 e. The fourth-order valence-electron chi connectivity index (χ4n) is 2.39. The summed E-state index contributed by atoms with van der Waals surface area (Å²) in [5.41, 5.74) is 0.707. The topological polar surface area (TPSA) is 83.8 Å². The number of aromatic nitrogens is 4. The molecule has 0 bridgehead atoms. The Kier molecular flexibility index (Phi) is 3.83. The summed E-state index contributed by atoms with van der Waals surface area (Å²) in [6.07, 6.45) is 8.49. The number of anilines is 1. The maximum atomic E-state index is 9.51. The van der Waals surface area contributed by atoms with Gasteiger partial charge >= 0.3 is 0 Å². The summed E-state index contributed by atoms with van der Waals surface area (Å²) >= 11 is 0. The molecule has 2 heterocycles. The zero-order valence-corrected chi connectivity index (χ0v) is 11.1. The molecule has 104 valence electrons. The van der Waals surface area contributed by atoms with Crippen LogP contribution in [0.5, 0.6) is 0 Å². The molecule has 1 aliphatic carbocycles. The van der Waals surface area contributed by atoms with Crippen LogP contribution in [-0.4, -0.2) is 37.2 Å². The highest BCUT2D eigenvalue weighted by Crippen LogP contribution is 2.21. The van der Waals surface area contributed by atoms with E-state index < -0.39 is 0 Å². The van der Waals surface area contributed by atoms with Crippen LogP contribution in [0.15, 0.2) is 30.7 Å². The molecule has 2 aromatic rings. The van der Waals surface area contributed by atoms with Gasteiger partial charge in [0.25, 0.3) is 0 Å². The molecule has 1 saturated carbocycles. The molecule has 2 aromatic heterocycles. The average Bonchev–Trinajstić information content (AvgIpc) is 2.51. The van der Waals surface area contributed by atoms with Gasteiger partial charge < -0.3 is 10.4 Å². The lowest BCUT2D eigenvalue weighted by molar-refractivity contribution is 0.126. The first-order valence-corrected chi connectivity index (χ1v) is 6.86. The van der Waals surface area contributed by atoms with E-state index in [0.717, 1.165) is 25.7 Å². The van der Waals surface area contributed by atoms with Gasteiger partial charge in [-0.25, -0.2) is 19.9 Å². The van der Waals surface area contributed by atoms with Gasteiger partial charge in [0, 0.05) is 24.6 Å². The van der Waals surface area contributed by atoms with E-state index in [1.807, 2.05) is 0 Å². The summed E-state index contributed by atoms with van der Waals surface area (Å²) in [4.78, 5) is 17.1. The molecule has 1 aliphatic rings. The van der Waals surface area contributed by atoms with Crippen molar-refractivity contribution in [2.75, 3.05) is 5.32 Å². The van der Waals surface area contributed by atoms with E-state index in [4.69, 9.17) is 0 Å². The quantitative estimate of drug-likeness (QED) is 0.883. The Morgan fingerprint density at radius 3 is 2.50 bits per heavy atom. The number of aliphatic hydroxyl groups excluding tert-OH is 1. The van der Waals surface area contributed by atoms with Gasteiger partial charge in [0.05, 0.1) is 6.10 Å². The highest BCUT2D eigenvalue weighted by Gasteiger charge is 2.19. The van der Waals surface area contributed by atoms with Crippen molar-refractivity contribution in [3.63, 3.8) is 0 Å². The van der Waals surface area contributed by atoms with Gasteiger partial charge in [0.1, 0.15) is 5.69 Å². The molecule has 6 nitrogen and oxygen atoms in total. The molecule has 0 amide bonds. The van der Waals surface area contributed by atoms with Gasteiger partial charge in [0.2, 0.25) is 5.95 Å². The normalized spacial score (nSPS) is 22.4. The third kappa shape index (κ3) is 3.08. The minimum atomic E-state index is -0.155. The third-order valence-corrected chi connectivity index (χ3v) is 3.48. The first kappa shape index (κ1) is 12.9. The first-order valence-electron chi connectivity index (χ1n) is 6.86. The minimum absolute atomic E-state index is 0.155. The van der Waals surface area contributed by atoms with Crippen LogP contribution in [0.4, 0.5) is 5.95 Å². The maximum absolute atomic E-state index is 9.51. The molecule has 1 fully saturated rings. The molecule has 6 heteroatoms. The monoisotopic (exact) mass is 271 g/mol. The Morgan fingerprint density at radius 1 is 1.00 bits per heavy atom. The van der Waals surface area contributed by atoms with Crippen LogP contribution in [0.25, 0.3) is 11.5 Å². The Balaban J connectivity index is 1.72. The molecule has 20 heavy (non-hydrogen) atoms. The summed E-state index contributed by atoms with van der Waals surface area (Å²) in [6, 6.07) is 3.90. The highest BCUT2D eigenvalue weighted by atomic mass is 16.3. The van der Waals surface area contributed by atoms with E-state index in [1.165, 1.54) is 0 Å². The van der Waals surface area contributed by atoms with Gasteiger partial charge in [0.15, 0.2) is 5.82 Å². The zero-order chi connectivity index (χ0) is 13.8. The predicted octanol–water partition coefficient (Wildman–Crippen LogP) is 1.65. The zero-order valence-electron chi connectivity index (χ0n) is 11.1. The highest BCUT2D eigenvalue weighted by molar-refractivity contribution is 5.50. The van der Waals surface area contributed by atoms with Crippen molar-refractivity contribution in [3.8, 4) is 11.5 Å². The molecule has 0 aliphatic heterocycles. The Labute approximate surface area is 117 Å². The van der Waals surface area contributed by atoms with Crippen LogP contribution in [-0.2, 0) is 0 Å². The summed E-state index contributed by atoms with van der Waals surface area (Å²) < 4.78 is 0. The minimum Gasteiger partial charge on any atom is -0.393 e. The average molecular weight is 271 g/mol. The van der Waals surface area contributed by atoms with Gasteiger partial charge in [-0.1, -0.05) is 0 Å². The van der Waals surface area contributed by atoms with E-state index in [2.05, 4.69) is 25.3 Å². The SMILES string of the molecule is OC1CCC(Nc2nccc(-c3ncccn3)n2)CC1. The maximum Gasteiger partial charge on any atom is 0.223 e. The van der Waals surface area contributed by atoms with E-state index >= 15 is 0 Å². The van der Waals surface area contributed by atoms with Crippen LogP contribution < -0.4 is 5.32 Å². The summed E-state index contributed by atoms with van der Waals surface area (Å²) in [7, 11) is 0. The molecule has 2 N–H and O–H groups in total. The number of hydrogen-bond acceptors (Lipinski definition) is 6. The van der Waals surface area contributed by atoms with Crippen molar-refractivity contribution in [2.24, 2.45) is 0 Å². The molecular formula is C14H17N5O. The Hall–Kier alpha value is -2.08. The second-order valence-electron chi connectivity index (χ2n) is 4.99. The van der Waals surface area contributed by atoms with E-state index in [1.54, 1.807) is 30.7 Å². The van der Waals surface area contributed by atoms with Crippen LogP contribution in [0.1, 0.15) is 25.7 Å². The van der Waals surface area contributed by atoms with Crippen molar-refractivity contribution in [1.82, 2.24) is 19.9 Å². The van der Waals surface area contributed by atoms with Gasteiger partial charge in [-0.05, 0) is 37.8 Å². The van der Waals surface area contributed by atoms with Gasteiger partial charge in [-0.2, -0.15) is 0 Å². The van der Waals surface area contributed by atoms with Crippen molar-refractivity contribution < 1.29 is 5.11 Å². The fraction of sp³-hybridized carbons (Fsp3) is 0.429. The predicted molar refractivity (Wildman–Crippen MR) is 74.9 cm³/mol. The number of nitrogens with zero attached hydrogens (tertiary/aromatic N) is 4. The number of aliphatic hydroxyl groups is 1. The lowest BCUT2D eigenvalue weighted by atomic mass is 9.93. The van der Waals surface area contributed by atoms with Crippen molar-refractivity contribution in [2.45, 2.75) is 37.8 Å². The molecule has 0 unspecified atom stereocenters. The second kappa shape index (κ2) is 5.92. The molecular weight excluding hydrogens is 254 g/mol. The third-order valence-electron chi connectivity index (χ3n) is 3.48. The van der Waals surface area contributed by atoms with Gasteiger partial charge in [-0.3, -0.25) is 0 Å². The molecule has 0 atom stereocenters. The summed E-state index contributed by atoms with van der Waals surface area (Å²) in [5, 5.41) is 12.8. The van der Waals surface area contributed by atoms with Crippen LogP contribution in [0.3, 0.4) is 0 Å². The number of rotatable bonds is 3. The van der Waals surface area contributed by atoms with Crippen LogP contribution >= 0.6 is 0 Å². The van der Waals surface area contributed by atoms with Gasteiger partial charge in [-0.15, -0.1) is 0 Å². The summed E-state index contributed by atoms with van der Waals surface area (Å²) in [6.45, 7) is 0. The van der Waals surface area contributed by atoms with Crippen molar-refractivity contribution >= 4 is 5.95 Å². The van der Waals surface area contributed by atoms with Crippen LogP contribution in [0, 0.1) is 0 Å². The van der Waals surface area contributed by atoms with Crippen molar-refractivity contribution in [3.05, 3.63) is 30.7 Å². The number of nitrogens with one attached hydrogen (secondary N) is 1. The fourth-order valence-corrected chi connectivity index (χ4v) is 2.39. The molecule has 0 aromatic carbocycles. The second-order valence-corrected chi connectivity index (χ2v) is 4.99. The van der Waals surface area contributed by atoms with E-state index in [-0.39, 0.29) is 6.10 Å². The smallest absolute Gasteiger partial charge is 0.223 e. The van der Waals surface area contributed by atoms with E-state index in [9.17, 15) is 5.11 Å². The van der Waals surface area contributed by atoms with Crippen molar-refractivity contribution in [1.29, 1.82) is 0 Å². The summed E-state index contributed by atoms with van der Waals surface area (Å²) in [5.74, 6) is 1.19.